The second kappa shape index (κ2) is 8.27. The number of rotatable bonds is 6. The number of aliphatic hydroxyl groups excluding tert-OH is 1. The second-order valence-electron chi connectivity index (χ2n) is 5.02. The standard InChI is InChI=1S/C15H23BrN2O2/c1-11(7-6-10-19)17-15(20)18(3)12(2)13-8-4-5-9-14(13)16/h4-5,8-9,11-12,19H,6-7,10H2,1-3H3,(H,17,20). The summed E-state index contributed by atoms with van der Waals surface area (Å²) in [7, 11) is 1.79. The molecule has 0 radical (unpaired) electrons. The van der Waals surface area contributed by atoms with Gasteiger partial charge in [-0.25, -0.2) is 4.79 Å². The van der Waals surface area contributed by atoms with E-state index in [1.807, 2.05) is 38.1 Å². The molecule has 1 aromatic carbocycles. The SMILES string of the molecule is CC(CCCO)NC(=O)N(C)C(C)c1ccccc1Br. The topological polar surface area (TPSA) is 52.6 Å². The van der Waals surface area contributed by atoms with E-state index in [0.29, 0.717) is 6.42 Å². The van der Waals surface area contributed by atoms with Crippen molar-refractivity contribution in [1.82, 2.24) is 10.2 Å². The summed E-state index contributed by atoms with van der Waals surface area (Å²) in [5.74, 6) is 0. The Hall–Kier alpha value is -1.07. The molecule has 5 heteroatoms. The number of halogens is 1. The third-order valence-corrected chi connectivity index (χ3v) is 4.14. The lowest BCUT2D eigenvalue weighted by Gasteiger charge is -2.28. The van der Waals surface area contributed by atoms with Crippen LogP contribution in [0.1, 0.15) is 38.3 Å². The molecular weight excluding hydrogens is 320 g/mol. The summed E-state index contributed by atoms with van der Waals surface area (Å²) in [6.07, 6.45) is 1.48. The number of aliphatic hydroxyl groups is 1. The Morgan fingerprint density at radius 2 is 2.05 bits per heavy atom. The molecule has 2 amide bonds. The Bertz CT molecular complexity index is 440. The molecule has 0 spiro atoms. The van der Waals surface area contributed by atoms with Crippen LogP contribution >= 0.6 is 15.9 Å². The summed E-state index contributed by atoms with van der Waals surface area (Å²) in [5.41, 5.74) is 1.08. The molecule has 0 saturated heterocycles. The number of carbonyl (C=O) groups excluding carboxylic acids is 1. The number of carbonyl (C=O) groups is 1. The minimum Gasteiger partial charge on any atom is -0.396 e. The van der Waals surface area contributed by atoms with Crippen LogP contribution in [0.2, 0.25) is 0 Å². The van der Waals surface area contributed by atoms with Crippen molar-refractivity contribution in [3.05, 3.63) is 34.3 Å². The van der Waals surface area contributed by atoms with Crippen molar-refractivity contribution >= 4 is 22.0 Å². The normalized spacial score (nSPS) is 13.7. The van der Waals surface area contributed by atoms with Gasteiger partial charge in [0.2, 0.25) is 0 Å². The van der Waals surface area contributed by atoms with Crippen LogP contribution in [0.5, 0.6) is 0 Å². The van der Waals surface area contributed by atoms with E-state index in [9.17, 15) is 4.79 Å². The minimum atomic E-state index is -0.0984. The van der Waals surface area contributed by atoms with Gasteiger partial charge in [-0.2, -0.15) is 0 Å². The van der Waals surface area contributed by atoms with E-state index in [0.717, 1.165) is 16.5 Å². The Morgan fingerprint density at radius 1 is 1.40 bits per heavy atom. The molecule has 0 fully saturated rings. The van der Waals surface area contributed by atoms with Gasteiger partial charge in [0.05, 0.1) is 6.04 Å². The zero-order chi connectivity index (χ0) is 15.1. The van der Waals surface area contributed by atoms with E-state index in [2.05, 4.69) is 21.2 Å². The fraction of sp³-hybridized carbons (Fsp3) is 0.533. The number of urea groups is 1. The van der Waals surface area contributed by atoms with Gasteiger partial charge in [0.25, 0.3) is 0 Å². The maximum absolute atomic E-state index is 12.2. The van der Waals surface area contributed by atoms with Crippen molar-refractivity contribution < 1.29 is 9.90 Å². The first kappa shape index (κ1) is 17.0. The first-order valence-electron chi connectivity index (χ1n) is 6.86. The predicted octanol–water partition coefficient (Wildman–Crippen LogP) is 3.31. The third kappa shape index (κ3) is 4.80. The number of amides is 2. The highest BCUT2D eigenvalue weighted by Crippen LogP contribution is 2.26. The van der Waals surface area contributed by atoms with E-state index < -0.39 is 0 Å². The number of nitrogens with one attached hydrogen (secondary N) is 1. The highest BCUT2D eigenvalue weighted by atomic mass is 79.9. The molecule has 20 heavy (non-hydrogen) atoms. The second-order valence-corrected chi connectivity index (χ2v) is 5.88. The Kier molecular flexibility index (Phi) is 7.02. The molecule has 0 heterocycles. The smallest absolute Gasteiger partial charge is 0.317 e. The number of hydrogen-bond donors (Lipinski definition) is 2. The number of nitrogens with zero attached hydrogens (tertiary/aromatic N) is 1. The Morgan fingerprint density at radius 3 is 2.65 bits per heavy atom. The molecule has 2 atom stereocenters. The van der Waals surface area contributed by atoms with Gasteiger partial charge in [0.15, 0.2) is 0 Å². The molecule has 0 aromatic heterocycles. The lowest BCUT2D eigenvalue weighted by molar-refractivity contribution is 0.189. The molecular formula is C15H23BrN2O2. The van der Waals surface area contributed by atoms with Crippen molar-refractivity contribution in [3.63, 3.8) is 0 Å². The summed E-state index contributed by atoms with van der Waals surface area (Å²) in [5, 5.41) is 11.7. The largest absolute Gasteiger partial charge is 0.396 e. The van der Waals surface area contributed by atoms with Crippen LogP contribution < -0.4 is 5.32 Å². The van der Waals surface area contributed by atoms with Crippen LogP contribution in [0.25, 0.3) is 0 Å². The zero-order valence-electron chi connectivity index (χ0n) is 12.3. The lowest BCUT2D eigenvalue weighted by Crippen LogP contribution is -2.43. The maximum Gasteiger partial charge on any atom is 0.317 e. The zero-order valence-corrected chi connectivity index (χ0v) is 13.9. The van der Waals surface area contributed by atoms with Crippen LogP contribution in [-0.4, -0.2) is 35.7 Å². The summed E-state index contributed by atoms with van der Waals surface area (Å²) in [6, 6.07) is 7.84. The third-order valence-electron chi connectivity index (χ3n) is 3.42. The van der Waals surface area contributed by atoms with E-state index in [1.165, 1.54) is 0 Å². The molecule has 0 saturated carbocycles. The fourth-order valence-corrected chi connectivity index (χ4v) is 2.60. The van der Waals surface area contributed by atoms with Gasteiger partial charge in [-0.1, -0.05) is 34.1 Å². The molecule has 1 rings (SSSR count). The molecule has 112 valence electrons. The van der Waals surface area contributed by atoms with Crippen molar-refractivity contribution in [1.29, 1.82) is 0 Å². The molecule has 1 aromatic rings. The van der Waals surface area contributed by atoms with Crippen LogP contribution in [0.3, 0.4) is 0 Å². The first-order chi connectivity index (χ1) is 9.47. The molecule has 4 nitrogen and oxygen atoms in total. The van der Waals surface area contributed by atoms with Gasteiger partial charge in [-0.05, 0) is 38.3 Å². The highest BCUT2D eigenvalue weighted by molar-refractivity contribution is 9.10. The van der Waals surface area contributed by atoms with Crippen molar-refractivity contribution in [2.24, 2.45) is 0 Å². The van der Waals surface area contributed by atoms with Crippen molar-refractivity contribution in [2.45, 2.75) is 38.8 Å². The van der Waals surface area contributed by atoms with E-state index >= 15 is 0 Å². The molecule has 0 aliphatic rings. The van der Waals surface area contributed by atoms with Crippen LogP contribution in [0.4, 0.5) is 4.79 Å². The van der Waals surface area contributed by atoms with Gasteiger partial charge in [0.1, 0.15) is 0 Å². The summed E-state index contributed by atoms with van der Waals surface area (Å²) < 4.78 is 1.00. The number of hydrogen-bond acceptors (Lipinski definition) is 2. The van der Waals surface area contributed by atoms with Crippen LogP contribution in [-0.2, 0) is 0 Å². The maximum atomic E-state index is 12.2. The summed E-state index contributed by atoms with van der Waals surface area (Å²) in [6.45, 7) is 4.10. The van der Waals surface area contributed by atoms with Gasteiger partial charge >= 0.3 is 6.03 Å². The van der Waals surface area contributed by atoms with E-state index in [1.54, 1.807) is 11.9 Å². The minimum absolute atomic E-state index is 0.0179. The fourth-order valence-electron chi connectivity index (χ4n) is 1.98. The van der Waals surface area contributed by atoms with Gasteiger partial charge in [0, 0.05) is 24.2 Å². The van der Waals surface area contributed by atoms with Gasteiger partial charge < -0.3 is 15.3 Å². The van der Waals surface area contributed by atoms with Crippen molar-refractivity contribution in [3.8, 4) is 0 Å². The van der Waals surface area contributed by atoms with Gasteiger partial charge in [-0.15, -0.1) is 0 Å². The Balaban J connectivity index is 2.62. The predicted molar refractivity (Wildman–Crippen MR) is 84.6 cm³/mol. The summed E-state index contributed by atoms with van der Waals surface area (Å²) >= 11 is 3.51. The monoisotopic (exact) mass is 342 g/mol. The molecule has 0 aliphatic carbocycles. The average molecular weight is 343 g/mol. The molecule has 2 unspecified atom stereocenters. The van der Waals surface area contributed by atoms with Crippen molar-refractivity contribution in [2.75, 3.05) is 13.7 Å². The Labute approximate surface area is 129 Å². The van der Waals surface area contributed by atoms with Crippen LogP contribution in [0, 0.1) is 0 Å². The molecule has 2 N–H and O–H groups in total. The molecule has 0 aliphatic heterocycles. The average Bonchev–Trinajstić information content (AvgIpc) is 2.44. The molecule has 0 bridgehead atoms. The van der Waals surface area contributed by atoms with Crippen LogP contribution in [0.15, 0.2) is 28.7 Å². The lowest BCUT2D eigenvalue weighted by atomic mass is 10.1. The van der Waals surface area contributed by atoms with E-state index in [-0.39, 0.29) is 24.7 Å². The van der Waals surface area contributed by atoms with E-state index in [4.69, 9.17) is 5.11 Å². The quantitative estimate of drug-likeness (QED) is 0.833. The first-order valence-corrected chi connectivity index (χ1v) is 7.65. The highest BCUT2D eigenvalue weighted by Gasteiger charge is 2.20. The van der Waals surface area contributed by atoms with Gasteiger partial charge in [-0.3, -0.25) is 0 Å². The number of benzene rings is 1. The summed E-state index contributed by atoms with van der Waals surface area (Å²) in [4.78, 5) is 13.9.